The molecule has 0 fully saturated rings. The number of rotatable bonds is 8. The van der Waals surface area contributed by atoms with E-state index in [9.17, 15) is 4.79 Å². The van der Waals surface area contributed by atoms with Crippen LogP contribution < -0.4 is 10.6 Å². The molecule has 2 N–H and O–H groups in total. The molecule has 0 unspecified atom stereocenters. The Morgan fingerprint density at radius 3 is 2.77 bits per heavy atom. The highest BCUT2D eigenvalue weighted by molar-refractivity contribution is 5.73. The van der Waals surface area contributed by atoms with E-state index in [-0.39, 0.29) is 6.03 Å². The minimum absolute atomic E-state index is 0.162. The summed E-state index contributed by atoms with van der Waals surface area (Å²) in [7, 11) is 1.65. The van der Waals surface area contributed by atoms with E-state index in [0.29, 0.717) is 26.2 Å². The van der Waals surface area contributed by atoms with Crippen LogP contribution in [0.2, 0.25) is 0 Å². The third kappa shape index (κ3) is 5.21. The fraction of sp³-hybridized carbons (Fsp3) is 0.375. The first kappa shape index (κ1) is 16.0. The number of carbonyl (C=O) groups is 1. The summed E-state index contributed by atoms with van der Waals surface area (Å²) in [6.07, 6.45) is 4.49. The van der Waals surface area contributed by atoms with Crippen LogP contribution in [0.25, 0.3) is 0 Å². The van der Waals surface area contributed by atoms with Crippen molar-refractivity contribution in [2.45, 2.75) is 19.5 Å². The first-order chi connectivity index (χ1) is 10.8. The van der Waals surface area contributed by atoms with Crippen LogP contribution in [-0.2, 0) is 17.8 Å². The molecular formula is C16H22N4O2. The second kappa shape index (κ2) is 8.84. The van der Waals surface area contributed by atoms with Crippen molar-refractivity contribution in [1.82, 2.24) is 20.4 Å². The van der Waals surface area contributed by atoms with Gasteiger partial charge < -0.3 is 15.4 Å². The molecule has 0 atom stereocenters. The zero-order valence-electron chi connectivity index (χ0n) is 12.8. The maximum absolute atomic E-state index is 11.7. The number of hydrogen-bond acceptors (Lipinski definition) is 3. The molecule has 0 spiro atoms. The van der Waals surface area contributed by atoms with Crippen molar-refractivity contribution in [3.05, 3.63) is 53.9 Å². The summed E-state index contributed by atoms with van der Waals surface area (Å²) in [4.78, 5) is 11.7. The van der Waals surface area contributed by atoms with Gasteiger partial charge in [0.25, 0.3) is 0 Å². The van der Waals surface area contributed by atoms with E-state index in [2.05, 4.69) is 21.8 Å². The van der Waals surface area contributed by atoms with Gasteiger partial charge in [0.05, 0.1) is 6.54 Å². The third-order valence-electron chi connectivity index (χ3n) is 3.26. The summed E-state index contributed by atoms with van der Waals surface area (Å²) in [6.45, 7) is 2.44. The topological polar surface area (TPSA) is 68.2 Å². The normalized spacial score (nSPS) is 10.4. The molecule has 6 heteroatoms. The summed E-state index contributed by atoms with van der Waals surface area (Å²) in [6, 6.07) is 9.77. The Morgan fingerprint density at radius 2 is 2.05 bits per heavy atom. The maximum Gasteiger partial charge on any atom is 0.315 e. The largest absolute Gasteiger partial charge is 0.385 e. The minimum Gasteiger partial charge on any atom is -0.385 e. The number of benzene rings is 1. The lowest BCUT2D eigenvalue weighted by molar-refractivity contribution is 0.193. The molecule has 0 aliphatic carbocycles. The highest BCUT2D eigenvalue weighted by Crippen LogP contribution is 2.10. The van der Waals surface area contributed by atoms with Crippen molar-refractivity contribution in [1.29, 1.82) is 0 Å². The first-order valence-electron chi connectivity index (χ1n) is 7.34. The van der Waals surface area contributed by atoms with Gasteiger partial charge in [0.1, 0.15) is 0 Å². The van der Waals surface area contributed by atoms with E-state index < -0.39 is 0 Å². The van der Waals surface area contributed by atoms with E-state index in [0.717, 1.165) is 17.5 Å². The average Bonchev–Trinajstić information content (AvgIpc) is 3.04. The molecule has 6 nitrogen and oxygen atoms in total. The van der Waals surface area contributed by atoms with E-state index >= 15 is 0 Å². The van der Waals surface area contributed by atoms with Crippen molar-refractivity contribution >= 4 is 6.03 Å². The molecule has 0 saturated heterocycles. The molecular weight excluding hydrogens is 280 g/mol. The van der Waals surface area contributed by atoms with Crippen molar-refractivity contribution in [2.75, 3.05) is 20.3 Å². The number of carbonyl (C=O) groups excluding carboxylic acids is 1. The number of nitrogens with zero attached hydrogens (tertiary/aromatic N) is 2. The Hall–Kier alpha value is -2.34. The number of methoxy groups -OCH3 is 1. The zero-order valence-corrected chi connectivity index (χ0v) is 12.8. The second-order valence-corrected chi connectivity index (χ2v) is 4.93. The van der Waals surface area contributed by atoms with Crippen LogP contribution in [0.4, 0.5) is 4.79 Å². The molecule has 0 aliphatic rings. The van der Waals surface area contributed by atoms with Gasteiger partial charge in [-0.2, -0.15) is 5.10 Å². The van der Waals surface area contributed by atoms with Crippen molar-refractivity contribution in [3.8, 4) is 0 Å². The van der Waals surface area contributed by atoms with Gasteiger partial charge >= 0.3 is 6.03 Å². The van der Waals surface area contributed by atoms with Crippen molar-refractivity contribution < 1.29 is 9.53 Å². The van der Waals surface area contributed by atoms with E-state index in [1.165, 1.54) is 0 Å². The van der Waals surface area contributed by atoms with Gasteiger partial charge in [0, 0.05) is 39.2 Å². The van der Waals surface area contributed by atoms with Crippen LogP contribution in [0.15, 0.2) is 42.7 Å². The van der Waals surface area contributed by atoms with Gasteiger partial charge in [-0.3, -0.25) is 4.68 Å². The molecule has 0 aliphatic heterocycles. The van der Waals surface area contributed by atoms with E-state index in [1.807, 2.05) is 35.1 Å². The van der Waals surface area contributed by atoms with Crippen LogP contribution in [0.5, 0.6) is 0 Å². The quantitative estimate of drug-likeness (QED) is 0.730. The molecule has 2 aromatic rings. The highest BCUT2D eigenvalue weighted by Gasteiger charge is 2.05. The molecule has 0 saturated carbocycles. The monoisotopic (exact) mass is 302 g/mol. The number of urea groups is 1. The molecule has 2 amide bonds. The lowest BCUT2D eigenvalue weighted by Crippen LogP contribution is -2.36. The number of aromatic nitrogens is 2. The molecule has 0 bridgehead atoms. The van der Waals surface area contributed by atoms with Crippen molar-refractivity contribution in [3.63, 3.8) is 0 Å². The predicted molar refractivity (Wildman–Crippen MR) is 84.5 cm³/mol. The van der Waals surface area contributed by atoms with Gasteiger partial charge in [-0.15, -0.1) is 0 Å². The van der Waals surface area contributed by atoms with Gasteiger partial charge in [-0.05, 0) is 23.6 Å². The maximum atomic E-state index is 11.7. The summed E-state index contributed by atoms with van der Waals surface area (Å²) in [5, 5.41) is 9.89. The summed E-state index contributed by atoms with van der Waals surface area (Å²) < 4.78 is 6.80. The van der Waals surface area contributed by atoms with Crippen LogP contribution >= 0.6 is 0 Å². The van der Waals surface area contributed by atoms with Gasteiger partial charge in [-0.25, -0.2) is 4.79 Å². The molecule has 1 aromatic carbocycles. The van der Waals surface area contributed by atoms with Gasteiger partial charge in [-0.1, -0.05) is 24.3 Å². The van der Waals surface area contributed by atoms with Crippen LogP contribution in [0.3, 0.4) is 0 Å². The van der Waals surface area contributed by atoms with Crippen LogP contribution in [0.1, 0.15) is 17.5 Å². The van der Waals surface area contributed by atoms with Crippen LogP contribution in [-0.4, -0.2) is 36.1 Å². The van der Waals surface area contributed by atoms with Crippen molar-refractivity contribution in [2.24, 2.45) is 0 Å². The summed E-state index contributed by atoms with van der Waals surface area (Å²) >= 11 is 0. The summed E-state index contributed by atoms with van der Waals surface area (Å²) in [5.74, 6) is 0. The second-order valence-electron chi connectivity index (χ2n) is 4.93. The predicted octanol–water partition coefficient (Wildman–Crippen LogP) is 1.77. The summed E-state index contributed by atoms with van der Waals surface area (Å²) in [5.41, 5.74) is 2.23. The molecule has 1 heterocycles. The lowest BCUT2D eigenvalue weighted by Gasteiger charge is -2.11. The number of amides is 2. The number of nitrogens with one attached hydrogen (secondary N) is 2. The fourth-order valence-corrected chi connectivity index (χ4v) is 2.11. The average molecular weight is 302 g/mol. The minimum atomic E-state index is -0.162. The Kier molecular flexibility index (Phi) is 6.44. The van der Waals surface area contributed by atoms with Crippen LogP contribution in [0, 0.1) is 0 Å². The zero-order chi connectivity index (χ0) is 15.6. The lowest BCUT2D eigenvalue weighted by atomic mass is 10.1. The SMILES string of the molecule is COCCCNC(=O)NCc1ccccc1Cn1cccn1. The molecule has 2 rings (SSSR count). The molecule has 118 valence electrons. The Labute approximate surface area is 130 Å². The Morgan fingerprint density at radius 1 is 1.23 bits per heavy atom. The van der Waals surface area contributed by atoms with E-state index in [1.54, 1.807) is 13.3 Å². The smallest absolute Gasteiger partial charge is 0.315 e. The highest BCUT2D eigenvalue weighted by atomic mass is 16.5. The van der Waals surface area contributed by atoms with Gasteiger partial charge in [0.15, 0.2) is 0 Å². The van der Waals surface area contributed by atoms with E-state index in [4.69, 9.17) is 4.74 Å². The molecule has 0 radical (unpaired) electrons. The fourth-order valence-electron chi connectivity index (χ4n) is 2.11. The third-order valence-corrected chi connectivity index (χ3v) is 3.26. The first-order valence-corrected chi connectivity index (χ1v) is 7.34. The molecule has 1 aromatic heterocycles. The Balaban J connectivity index is 1.83. The standard InChI is InChI=1S/C16H22N4O2/c1-22-11-5-8-17-16(21)18-12-14-6-2-3-7-15(14)13-20-10-4-9-19-20/h2-4,6-7,9-10H,5,8,11-13H2,1H3,(H2,17,18,21). The molecule has 22 heavy (non-hydrogen) atoms. The number of hydrogen-bond donors (Lipinski definition) is 2. The van der Waals surface area contributed by atoms with Gasteiger partial charge in [0.2, 0.25) is 0 Å². The Bertz CT molecular complexity index is 569. The number of ether oxygens (including phenoxy) is 1.